The molecule has 0 unspecified atom stereocenters. The maximum absolute atomic E-state index is 8.68. The molecule has 0 aliphatic carbocycles. The molecule has 0 saturated carbocycles. The Kier molecular flexibility index (Phi) is 5.36. The van der Waals surface area contributed by atoms with E-state index in [0.717, 1.165) is 25.9 Å². The first-order chi connectivity index (χ1) is 8.40. The Morgan fingerprint density at radius 2 is 2.24 bits per heavy atom. The van der Waals surface area contributed by atoms with Crippen LogP contribution in [0.1, 0.15) is 30.4 Å². The summed E-state index contributed by atoms with van der Waals surface area (Å²) in [6.07, 6.45) is 4.50. The van der Waals surface area contributed by atoms with Crippen molar-refractivity contribution in [3.8, 4) is 0 Å². The fourth-order valence-electron chi connectivity index (χ4n) is 2.12. The number of hydrogen-bond acceptors (Lipinski definition) is 3. The minimum absolute atomic E-state index is 0.303. The van der Waals surface area contributed by atoms with Gasteiger partial charge >= 0.3 is 0 Å². The first-order valence-corrected chi connectivity index (χ1v) is 7.45. The van der Waals surface area contributed by atoms with Gasteiger partial charge in [-0.15, -0.1) is 11.8 Å². The van der Waals surface area contributed by atoms with Crippen LogP contribution in [0.25, 0.3) is 0 Å². The molecule has 1 aromatic rings. The van der Waals surface area contributed by atoms with Crippen molar-refractivity contribution >= 4 is 11.8 Å². The minimum Gasteiger partial charge on any atom is -0.396 e. The Morgan fingerprint density at radius 1 is 1.29 bits per heavy atom. The summed E-state index contributed by atoms with van der Waals surface area (Å²) in [7, 11) is 0. The van der Waals surface area contributed by atoms with Gasteiger partial charge in [0.25, 0.3) is 0 Å². The van der Waals surface area contributed by atoms with Crippen LogP contribution in [-0.2, 0) is 13.0 Å². The van der Waals surface area contributed by atoms with E-state index in [4.69, 9.17) is 5.11 Å². The Hall–Kier alpha value is -0.510. The summed E-state index contributed by atoms with van der Waals surface area (Å²) < 4.78 is 0. The van der Waals surface area contributed by atoms with E-state index in [1.54, 1.807) is 0 Å². The summed E-state index contributed by atoms with van der Waals surface area (Å²) in [4.78, 5) is 1.47. The van der Waals surface area contributed by atoms with Crippen molar-refractivity contribution in [3.63, 3.8) is 0 Å². The van der Waals surface area contributed by atoms with Crippen LogP contribution in [0.3, 0.4) is 0 Å². The lowest BCUT2D eigenvalue weighted by Gasteiger charge is -2.16. The fourth-order valence-corrected chi connectivity index (χ4v) is 3.14. The number of nitrogens with one attached hydrogen (secondary N) is 1. The fraction of sp³-hybridized carbons (Fsp3) is 0.571. The van der Waals surface area contributed by atoms with Crippen LogP contribution in [-0.4, -0.2) is 24.0 Å². The number of hydrogen-bond donors (Lipinski definition) is 2. The van der Waals surface area contributed by atoms with Crippen molar-refractivity contribution in [2.45, 2.75) is 37.1 Å². The second kappa shape index (κ2) is 7.04. The van der Waals surface area contributed by atoms with Crippen LogP contribution >= 0.6 is 11.8 Å². The molecule has 0 saturated heterocycles. The van der Waals surface area contributed by atoms with Crippen LogP contribution in [0.2, 0.25) is 0 Å². The molecule has 2 N–H and O–H groups in total. The van der Waals surface area contributed by atoms with Crippen LogP contribution in [0.4, 0.5) is 0 Å². The molecule has 0 aromatic heterocycles. The van der Waals surface area contributed by atoms with Gasteiger partial charge in [0.1, 0.15) is 0 Å². The lowest BCUT2D eigenvalue weighted by Crippen LogP contribution is -2.15. The van der Waals surface area contributed by atoms with Gasteiger partial charge in [0.2, 0.25) is 0 Å². The highest BCUT2D eigenvalue weighted by molar-refractivity contribution is 7.99. The maximum atomic E-state index is 8.68. The topological polar surface area (TPSA) is 32.3 Å². The van der Waals surface area contributed by atoms with E-state index < -0.39 is 0 Å². The van der Waals surface area contributed by atoms with Gasteiger partial charge in [-0.1, -0.05) is 12.1 Å². The third-order valence-electron chi connectivity index (χ3n) is 3.06. The third-order valence-corrected chi connectivity index (χ3v) is 4.27. The molecule has 1 aliphatic heterocycles. The summed E-state index contributed by atoms with van der Waals surface area (Å²) in [6.45, 7) is 2.24. The Bertz CT molecular complexity index is 354. The SMILES string of the molecule is OCCCCNCc1ccc2c(c1)CCCS2. The third kappa shape index (κ3) is 4.02. The molecule has 0 bridgehead atoms. The number of aliphatic hydroxyl groups is 1. The minimum atomic E-state index is 0.303. The lowest BCUT2D eigenvalue weighted by molar-refractivity contribution is 0.283. The van der Waals surface area contributed by atoms with Gasteiger partial charge in [-0.25, -0.2) is 0 Å². The van der Waals surface area contributed by atoms with E-state index in [9.17, 15) is 0 Å². The van der Waals surface area contributed by atoms with Gasteiger partial charge in [-0.3, -0.25) is 0 Å². The van der Waals surface area contributed by atoms with Crippen molar-refractivity contribution in [2.24, 2.45) is 0 Å². The summed E-state index contributed by atoms with van der Waals surface area (Å²) >= 11 is 1.98. The summed E-state index contributed by atoms with van der Waals surface area (Å²) in [5.41, 5.74) is 2.91. The second-order valence-corrected chi connectivity index (χ2v) is 5.64. The average Bonchev–Trinajstić information content (AvgIpc) is 2.38. The molecule has 3 heteroatoms. The number of rotatable bonds is 6. The van der Waals surface area contributed by atoms with E-state index in [1.807, 2.05) is 11.8 Å². The van der Waals surface area contributed by atoms with Crippen molar-refractivity contribution in [2.75, 3.05) is 18.9 Å². The number of fused-ring (bicyclic) bond motifs is 1. The number of benzene rings is 1. The van der Waals surface area contributed by atoms with E-state index in [0.29, 0.717) is 6.61 Å². The average molecular weight is 251 g/mol. The highest BCUT2D eigenvalue weighted by Crippen LogP contribution is 2.30. The van der Waals surface area contributed by atoms with Crippen molar-refractivity contribution in [1.29, 1.82) is 0 Å². The lowest BCUT2D eigenvalue weighted by atomic mass is 10.1. The smallest absolute Gasteiger partial charge is 0.0431 e. The highest BCUT2D eigenvalue weighted by Gasteiger charge is 2.09. The molecule has 1 aliphatic rings. The van der Waals surface area contributed by atoms with E-state index >= 15 is 0 Å². The van der Waals surface area contributed by atoms with Crippen LogP contribution in [0.5, 0.6) is 0 Å². The Balaban J connectivity index is 1.81. The first kappa shape index (κ1) is 12.9. The van der Waals surface area contributed by atoms with Gasteiger partial charge in [-0.05, 0) is 55.2 Å². The van der Waals surface area contributed by atoms with Crippen molar-refractivity contribution in [3.05, 3.63) is 29.3 Å². The zero-order valence-corrected chi connectivity index (χ0v) is 11.1. The number of thioether (sulfide) groups is 1. The molecule has 17 heavy (non-hydrogen) atoms. The highest BCUT2D eigenvalue weighted by atomic mass is 32.2. The molecule has 0 amide bonds. The number of aryl methyl sites for hydroxylation is 1. The quantitative estimate of drug-likeness (QED) is 0.762. The predicted octanol–water partition coefficient (Wildman–Crippen LogP) is 2.59. The molecule has 1 heterocycles. The van der Waals surface area contributed by atoms with Crippen molar-refractivity contribution in [1.82, 2.24) is 5.32 Å². The van der Waals surface area contributed by atoms with Crippen LogP contribution < -0.4 is 5.32 Å². The molecule has 0 spiro atoms. The summed E-state index contributed by atoms with van der Waals surface area (Å²) in [5, 5.41) is 12.1. The maximum Gasteiger partial charge on any atom is 0.0431 e. The molecule has 0 atom stereocenters. The van der Waals surface area contributed by atoms with Crippen molar-refractivity contribution < 1.29 is 5.11 Å². The summed E-state index contributed by atoms with van der Waals surface area (Å²) in [5.74, 6) is 1.27. The first-order valence-electron chi connectivity index (χ1n) is 6.46. The van der Waals surface area contributed by atoms with E-state index in [-0.39, 0.29) is 0 Å². The molecular formula is C14H21NOS. The van der Waals surface area contributed by atoms with Crippen LogP contribution in [0.15, 0.2) is 23.1 Å². The van der Waals surface area contributed by atoms with Gasteiger partial charge in [0.05, 0.1) is 0 Å². The number of unbranched alkanes of at least 4 members (excludes halogenated alkanes) is 1. The van der Waals surface area contributed by atoms with Gasteiger partial charge in [0, 0.05) is 18.0 Å². The molecular weight excluding hydrogens is 230 g/mol. The standard InChI is InChI=1S/C14H21NOS/c16-8-2-1-7-15-11-12-5-6-14-13(10-12)4-3-9-17-14/h5-6,10,15-16H,1-4,7-9,11H2. The van der Waals surface area contributed by atoms with E-state index in [1.165, 1.54) is 34.6 Å². The summed E-state index contributed by atoms with van der Waals surface area (Å²) in [6, 6.07) is 6.85. The molecule has 0 fully saturated rings. The molecule has 1 aromatic carbocycles. The molecule has 94 valence electrons. The largest absolute Gasteiger partial charge is 0.396 e. The van der Waals surface area contributed by atoms with E-state index in [2.05, 4.69) is 23.5 Å². The molecule has 2 rings (SSSR count). The normalized spacial score (nSPS) is 14.6. The molecule has 2 nitrogen and oxygen atoms in total. The Morgan fingerprint density at radius 3 is 3.12 bits per heavy atom. The predicted molar refractivity (Wildman–Crippen MR) is 73.5 cm³/mol. The zero-order chi connectivity index (χ0) is 11.9. The number of aliphatic hydroxyl groups excluding tert-OH is 1. The monoisotopic (exact) mass is 251 g/mol. The van der Waals surface area contributed by atoms with Gasteiger partial charge < -0.3 is 10.4 Å². The van der Waals surface area contributed by atoms with Crippen LogP contribution in [0, 0.1) is 0 Å². The second-order valence-electron chi connectivity index (χ2n) is 4.50. The van der Waals surface area contributed by atoms with Gasteiger partial charge in [-0.2, -0.15) is 0 Å². The Labute approximate surface area is 108 Å². The zero-order valence-electron chi connectivity index (χ0n) is 10.2. The van der Waals surface area contributed by atoms with Gasteiger partial charge in [0.15, 0.2) is 0 Å². The molecule has 0 radical (unpaired) electrons.